The Morgan fingerprint density at radius 2 is 2.00 bits per heavy atom. The van der Waals surface area contributed by atoms with E-state index in [-0.39, 0.29) is 6.04 Å². The van der Waals surface area contributed by atoms with E-state index in [0.29, 0.717) is 15.1 Å². The zero-order valence-corrected chi connectivity index (χ0v) is 11.3. The van der Waals surface area contributed by atoms with Gasteiger partial charge in [0.2, 0.25) is 0 Å². The third-order valence-electron chi connectivity index (χ3n) is 2.33. The molecule has 1 N–H and O–H groups in total. The standard InChI is InChI=1S/C12H14Cl3N/c1-3-4-7-16-8(2)9-5-6-10(13)12(15)11(9)14/h3,5-6,8,16H,1,4,7H2,2H3. The molecular weight excluding hydrogens is 264 g/mol. The molecule has 1 nitrogen and oxygen atoms in total. The molecule has 0 aromatic heterocycles. The molecule has 1 aromatic rings. The summed E-state index contributed by atoms with van der Waals surface area (Å²) in [6, 6.07) is 3.79. The van der Waals surface area contributed by atoms with E-state index in [4.69, 9.17) is 34.8 Å². The van der Waals surface area contributed by atoms with Gasteiger partial charge in [0.15, 0.2) is 0 Å². The molecule has 4 heteroatoms. The van der Waals surface area contributed by atoms with Gasteiger partial charge in [-0.15, -0.1) is 6.58 Å². The lowest BCUT2D eigenvalue weighted by atomic mass is 10.1. The van der Waals surface area contributed by atoms with Gasteiger partial charge in [0.05, 0.1) is 15.1 Å². The Hall–Kier alpha value is -0.210. The molecule has 16 heavy (non-hydrogen) atoms. The maximum atomic E-state index is 6.13. The van der Waals surface area contributed by atoms with Gasteiger partial charge in [-0.1, -0.05) is 46.9 Å². The molecular formula is C12H14Cl3N. The van der Waals surface area contributed by atoms with Gasteiger partial charge in [0, 0.05) is 6.04 Å². The molecule has 1 unspecified atom stereocenters. The van der Waals surface area contributed by atoms with Crippen molar-refractivity contribution in [3.8, 4) is 0 Å². The second-order valence-corrected chi connectivity index (χ2v) is 4.68. The molecule has 0 saturated heterocycles. The Morgan fingerprint density at radius 3 is 2.62 bits per heavy atom. The highest BCUT2D eigenvalue weighted by atomic mass is 35.5. The SMILES string of the molecule is C=CCCNC(C)c1ccc(Cl)c(Cl)c1Cl. The average molecular weight is 279 g/mol. The van der Waals surface area contributed by atoms with Crippen molar-refractivity contribution in [3.05, 3.63) is 45.4 Å². The Bertz CT molecular complexity index is 377. The van der Waals surface area contributed by atoms with E-state index in [1.54, 1.807) is 6.07 Å². The second kappa shape index (κ2) is 6.51. The zero-order valence-electron chi connectivity index (χ0n) is 9.06. The van der Waals surface area contributed by atoms with Crippen molar-refractivity contribution < 1.29 is 0 Å². The lowest BCUT2D eigenvalue weighted by Crippen LogP contribution is -2.19. The van der Waals surface area contributed by atoms with Gasteiger partial charge in [-0.25, -0.2) is 0 Å². The topological polar surface area (TPSA) is 12.0 Å². The van der Waals surface area contributed by atoms with Crippen molar-refractivity contribution in [3.63, 3.8) is 0 Å². The van der Waals surface area contributed by atoms with Crippen LogP contribution in [0, 0.1) is 0 Å². The van der Waals surface area contributed by atoms with Crippen LogP contribution >= 0.6 is 34.8 Å². The van der Waals surface area contributed by atoms with Crippen LogP contribution in [-0.4, -0.2) is 6.54 Å². The summed E-state index contributed by atoms with van der Waals surface area (Å²) in [5.74, 6) is 0. The van der Waals surface area contributed by atoms with E-state index in [9.17, 15) is 0 Å². The number of halogens is 3. The van der Waals surface area contributed by atoms with Gasteiger partial charge in [-0.2, -0.15) is 0 Å². The minimum absolute atomic E-state index is 0.141. The highest BCUT2D eigenvalue weighted by molar-refractivity contribution is 6.48. The first kappa shape index (κ1) is 13.9. The van der Waals surface area contributed by atoms with Crippen LogP contribution in [0.25, 0.3) is 0 Å². The third kappa shape index (κ3) is 3.39. The van der Waals surface area contributed by atoms with E-state index in [1.807, 2.05) is 19.1 Å². The third-order valence-corrected chi connectivity index (χ3v) is 3.64. The number of hydrogen-bond donors (Lipinski definition) is 1. The molecule has 0 radical (unpaired) electrons. The first-order chi connectivity index (χ1) is 7.57. The highest BCUT2D eigenvalue weighted by Crippen LogP contribution is 2.35. The predicted molar refractivity (Wildman–Crippen MR) is 72.7 cm³/mol. The predicted octanol–water partition coefficient (Wildman–Crippen LogP) is 4.87. The Kier molecular flexibility index (Phi) is 5.63. The van der Waals surface area contributed by atoms with Crippen molar-refractivity contribution in [1.82, 2.24) is 5.32 Å². The summed E-state index contributed by atoms with van der Waals surface area (Å²) >= 11 is 18.0. The minimum Gasteiger partial charge on any atom is -0.310 e. The molecule has 1 atom stereocenters. The maximum absolute atomic E-state index is 6.13. The Balaban J connectivity index is 2.79. The normalized spacial score (nSPS) is 12.5. The van der Waals surface area contributed by atoms with Crippen LogP contribution in [0.4, 0.5) is 0 Å². The first-order valence-electron chi connectivity index (χ1n) is 5.05. The zero-order chi connectivity index (χ0) is 12.1. The van der Waals surface area contributed by atoms with E-state index >= 15 is 0 Å². The summed E-state index contributed by atoms with van der Waals surface area (Å²) in [6.07, 6.45) is 2.79. The molecule has 1 aromatic carbocycles. The number of hydrogen-bond acceptors (Lipinski definition) is 1. The largest absolute Gasteiger partial charge is 0.310 e. The highest BCUT2D eigenvalue weighted by Gasteiger charge is 2.13. The maximum Gasteiger partial charge on any atom is 0.0781 e. The van der Waals surface area contributed by atoms with Crippen LogP contribution in [0.1, 0.15) is 24.9 Å². The summed E-state index contributed by atoms with van der Waals surface area (Å²) in [5, 5.41) is 4.75. The van der Waals surface area contributed by atoms with Crippen molar-refractivity contribution in [2.45, 2.75) is 19.4 Å². The molecule has 0 saturated carbocycles. The smallest absolute Gasteiger partial charge is 0.0781 e. The molecule has 0 amide bonds. The van der Waals surface area contributed by atoms with E-state index in [1.165, 1.54) is 0 Å². The lowest BCUT2D eigenvalue weighted by Gasteiger charge is -2.16. The van der Waals surface area contributed by atoms with Crippen molar-refractivity contribution in [2.75, 3.05) is 6.54 Å². The Labute approximate surface area is 111 Å². The monoisotopic (exact) mass is 277 g/mol. The number of rotatable bonds is 5. The molecule has 0 heterocycles. The number of benzene rings is 1. The Morgan fingerprint density at radius 1 is 1.31 bits per heavy atom. The summed E-state index contributed by atoms with van der Waals surface area (Å²) in [7, 11) is 0. The van der Waals surface area contributed by atoms with Crippen LogP contribution in [0.5, 0.6) is 0 Å². The number of nitrogens with one attached hydrogen (secondary N) is 1. The summed E-state index contributed by atoms with van der Waals surface area (Å²) in [6.45, 7) is 6.57. The first-order valence-corrected chi connectivity index (χ1v) is 6.19. The van der Waals surface area contributed by atoms with E-state index in [0.717, 1.165) is 18.5 Å². The van der Waals surface area contributed by atoms with Crippen LogP contribution in [0.15, 0.2) is 24.8 Å². The fourth-order valence-corrected chi connectivity index (χ4v) is 2.09. The van der Waals surface area contributed by atoms with Crippen LogP contribution in [0.3, 0.4) is 0 Å². The van der Waals surface area contributed by atoms with Gasteiger partial charge in [-0.3, -0.25) is 0 Å². The van der Waals surface area contributed by atoms with Gasteiger partial charge < -0.3 is 5.32 Å². The molecule has 0 aliphatic heterocycles. The van der Waals surface area contributed by atoms with Crippen LogP contribution < -0.4 is 5.32 Å². The van der Waals surface area contributed by atoms with Crippen LogP contribution in [-0.2, 0) is 0 Å². The molecule has 0 spiro atoms. The summed E-state index contributed by atoms with van der Waals surface area (Å²) in [4.78, 5) is 0. The minimum atomic E-state index is 0.141. The molecule has 88 valence electrons. The van der Waals surface area contributed by atoms with Gasteiger partial charge in [0.25, 0.3) is 0 Å². The van der Waals surface area contributed by atoms with E-state index < -0.39 is 0 Å². The summed E-state index contributed by atoms with van der Waals surface area (Å²) < 4.78 is 0. The van der Waals surface area contributed by atoms with Crippen molar-refractivity contribution >= 4 is 34.8 Å². The lowest BCUT2D eigenvalue weighted by molar-refractivity contribution is 0.581. The molecule has 0 aliphatic rings. The molecule has 0 fully saturated rings. The second-order valence-electron chi connectivity index (χ2n) is 3.52. The molecule has 1 rings (SSSR count). The summed E-state index contributed by atoms with van der Waals surface area (Å²) in [5.41, 5.74) is 0.958. The average Bonchev–Trinajstić information content (AvgIpc) is 2.26. The fraction of sp³-hybridized carbons (Fsp3) is 0.333. The van der Waals surface area contributed by atoms with Gasteiger partial charge >= 0.3 is 0 Å². The van der Waals surface area contributed by atoms with Crippen LogP contribution in [0.2, 0.25) is 15.1 Å². The quantitative estimate of drug-likeness (QED) is 0.460. The van der Waals surface area contributed by atoms with E-state index in [2.05, 4.69) is 11.9 Å². The molecule has 0 bridgehead atoms. The molecule has 0 aliphatic carbocycles. The van der Waals surface area contributed by atoms with Crippen molar-refractivity contribution in [1.29, 1.82) is 0 Å². The fourth-order valence-electron chi connectivity index (χ4n) is 1.39. The van der Waals surface area contributed by atoms with Gasteiger partial charge in [-0.05, 0) is 31.5 Å². The van der Waals surface area contributed by atoms with Gasteiger partial charge in [0.1, 0.15) is 0 Å². The van der Waals surface area contributed by atoms with Crippen molar-refractivity contribution in [2.24, 2.45) is 0 Å².